The Hall–Kier alpha value is -0.820. The predicted molar refractivity (Wildman–Crippen MR) is 37.9 cm³/mol. The highest BCUT2D eigenvalue weighted by Gasteiger charge is 1.85. The summed E-state index contributed by atoms with van der Waals surface area (Å²) in [6.07, 6.45) is 0. The minimum absolute atomic E-state index is 0.584. The smallest absolute Gasteiger partial charge is 0.0184 e. The molecular weight excluding hydrogens is 110 g/mol. The lowest BCUT2D eigenvalue weighted by Crippen LogP contribution is -1.95. The van der Waals surface area contributed by atoms with Crippen LogP contribution in [-0.2, 0) is 6.54 Å². The van der Waals surface area contributed by atoms with Crippen LogP contribution in [0.5, 0.6) is 0 Å². The van der Waals surface area contributed by atoms with Gasteiger partial charge in [-0.15, -0.1) is 0 Å². The van der Waals surface area contributed by atoms with Crippen LogP contribution >= 0.6 is 0 Å². The average molecular weight is 120 g/mol. The van der Waals surface area contributed by atoms with Crippen molar-refractivity contribution >= 4 is 0 Å². The van der Waals surface area contributed by atoms with Crippen molar-refractivity contribution < 1.29 is 0 Å². The molecule has 0 fully saturated rings. The first-order valence-corrected chi connectivity index (χ1v) is 3.00. The minimum Gasteiger partial charge on any atom is -0.326 e. The molecule has 47 valence electrons. The van der Waals surface area contributed by atoms with Gasteiger partial charge in [-0.05, 0) is 18.6 Å². The SMILES string of the molecule is Cc1c[c]c(CN)cc1. The normalized spacial score (nSPS) is 9.56. The Morgan fingerprint density at radius 2 is 2.33 bits per heavy atom. The second-order valence-electron chi connectivity index (χ2n) is 2.10. The monoisotopic (exact) mass is 120 g/mol. The maximum absolute atomic E-state index is 5.37. The van der Waals surface area contributed by atoms with Crippen molar-refractivity contribution in [2.24, 2.45) is 5.73 Å². The molecule has 0 atom stereocenters. The standard InChI is InChI=1S/C8H10N/c1-7-2-4-8(6-9)5-3-7/h2-4H,6,9H2,1H3. The van der Waals surface area contributed by atoms with Crippen LogP contribution in [0.1, 0.15) is 11.1 Å². The molecule has 0 amide bonds. The highest BCUT2D eigenvalue weighted by molar-refractivity contribution is 5.19. The lowest BCUT2D eigenvalue weighted by Gasteiger charge is -1.93. The Labute approximate surface area is 55.5 Å². The molecule has 0 saturated carbocycles. The summed E-state index contributed by atoms with van der Waals surface area (Å²) in [7, 11) is 0. The Balaban J connectivity index is 2.88. The van der Waals surface area contributed by atoms with Crippen molar-refractivity contribution in [3.63, 3.8) is 0 Å². The number of rotatable bonds is 1. The van der Waals surface area contributed by atoms with Gasteiger partial charge in [0.2, 0.25) is 0 Å². The third-order valence-electron chi connectivity index (χ3n) is 1.25. The lowest BCUT2D eigenvalue weighted by molar-refractivity contribution is 1.07. The van der Waals surface area contributed by atoms with E-state index in [2.05, 4.69) is 6.07 Å². The summed E-state index contributed by atoms with van der Waals surface area (Å²) in [6, 6.07) is 9.04. The van der Waals surface area contributed by atoms with Crippen LogP contribution in [0.15, 0.2) is 18.2 Å². The first-order valence-electron chi connectivity index (χ1n) is 3.00. The molecule has 0 unspecified atom stereocenters. The summed E-state index contributed by atoms with van der Waals surface area (Å²) in [5.74, 6) is 0. The second kappa shape index (κ2) is 2.65. The maximum Gasteiger partial charge on any atom is 0.0184 e. The van der Waals surface area contributed by atoms with Crippen LogP contribution in [0.25, 0.3) is 0 Å². The molecule has 1 rings (SSSR count). The Bertz CT molecular complexity index is 176. The second-order valence-corrected chi connectivity index (χ2v) is 2.10. The summed E-state index contributed by atoms with van der Waals surface area (Å²) in [4.78, 5) is 0. The van der Waals surface area contributed by atoms with Gasteiger partial charge in [0.15, 0.2) is 0 Å². The quantitative estimate of drug-likeness (QED) is 0.593. The van der Waals surface area contributed by atoms with Crippen LogP contribution in [0.3, 0.4) is 0 Å². The van der Waals surface area contributed by atoms with E-state index < -0.39 is 0 Å². The molecule has 0 aliphatic rings. The predicted octanol–water partition coefficient (Wildman–Crippen LogP) is 1.25. The molecule has 9 heavy (non-hydrogen) atoms. The fraction of sp³-hybridized carbons (Fsp3) is 0.250. The van der Waals surface area contributed by atoms with E-state index >= 15 is 0 Å². The average Bonchev–Trinajstić information content (AvgIpc) is 1.90. The van der Waals surface area contributed by atoms with Crippen LogP contribution in [0, 0.1) is 13.0 Å². The molecule has 2 N–H and O–H groups in total. The van der Waals surface area contributed by atoms with Gasteiger partial charge in [0.05, 0.1) is 0 Å². The zero-order valence-electron chi connectivity index (χ0n) is 5.52. The number of nitrogens with two attached hydrogens (primary N) is 1. The Morgan fingerprint density at radius 3 is 2.78 bits per heavy atom. The van der Waals surface area contributed by atoms with Gasteiger partial charge in [0.1, 0.15) is 0 Å². The van der Waals surface area contributed by atoms with E-state index in [-0.39, 0.29) is 0 Å². The Morgan fingerprint density at radius 1 is 1.56 bits per heavy atom. The minimum atomic E-state index is 0.584. The van der Waals surface area contributed by atoms with Crippen molar-refractivity contribution in [1.82, 2.24) is 0 Å². The third-order valence-corrected chi connectivity index (χ3v) is 1.25. The summed E-state index contributed by atoms with van der Waals surface area (Å²) in [5.41, 5.74) is 7.67. The summed E-state index contributed by atoms with van der Waals surface area (Å²) in [5, 5.41) is 0. The van der Waals surface area contributed by atoms with E-state index in [1.54, 1.807) is 0 Å². The van der Waals surface area contributed by atoms with Crippen molar-refractivity contribution in [2.75, 3.05) is 0 Å². The fourth-order valence-corrected chi connectivity index (χ4v) is 0.662. The van der Waals surface area contributed by atoms with Crippen LogP contribution in [0.4, 0.5) is 0 Å². The fourth-order valence-electron chi connectivity index (χ4n) is 0.662. The van der Waals surface area contributed by atoms with Crippen LogP contribution in [0.2, 0.25) is 0 Å². The molecule has 0 saturated heterocycles. The zero-order chi connectivity index (χ0) is 6.69. The first kappa shape index (κ1) is 6.30. The van der Waals surface area contributed by atoms with Crippen molar-refractivity contribution in [1.29, 1.82) is 0 Å². The molecule has 0 spiro atoms. The van der Waals surface area contributed by atoms with E-state index in [1.165, 1.54) is 5.56 Å². The summed E-state index contributed by atoms with van der Waals surface area (Å²) >= 11 is 0. The van der Waals surface area contributed by atoms with Crippen molar-refractivity contribution in [3.05, 3.63) is 35.4 Å². The number of aryl methyl sites for hydroxylation is 1. The Kier molecular flexibility index (Phi) is 1.85. The molecule has 1 radical (unpaired) electrons. The van der Waals surface area contributed by atoms with E-state index in [9.17, 15) is 0 Å². The third kappa shape index (κ3) is 1.54. The zero-order valence-corrected chi connectivity index (χ0v) is 5.52. The molecule has 1 aromatic rings. The van der Waals surface area contributed by atoms with E-state index in [0.717, 1.165) is 5.56 Å². The number of benzene rings is 1. The van der Waals surface area contributed by atoms with E-state index in [0.29, 0.717) is 6.54 Å². The largest absolute Gasteiger partial charge is 0.326 e. The molecule has 0 bridgehead atoms. The van der Waals surface area contributed by atoms with Gasteiger partial charge in [-0.2, -0.15) is 0 Å². The van der Waals surface area contributed by atoms with Gasteiger partial charge < -0.3 is 5.73 Å². The molecule has 0 aliphatic carbocycles. The number of hydrogen-bond donors (Lipinski definition) is 1. The van der Waals surface area contributed by atoms with Crippen LogP contribution in [-0.4, -0.2) is 0 Å². The van der Waals surface area contributed by atoms with Gasteiger partial charge in [-0.1, -0.05) is 23.8 Å². The van der Waals surface area contributed by atoms with Crippen molar-refractivity contribution in [2.45, 2.75) is 13.5 Å². The van der Waals surface area contributed by atoms with E-state index in [4.69, 9.17) is 5.73 Å². The van der Waals surface area contributed by atoms with Gasteiger partial charge in [-0.25, -0.2) is 0 Å². The summed E-state index contributed by atoms with van der Waals surface area (Å²) in [6.45, 7) is 2.62. The molecule has 0 aliphatic heterocycles. The number of hydrogen-bond acceptors (Lipinski definition) is 1. The molecule has 1 heteroatoms. The van der Waals surface area contributed by atoms with Crippen LogP contribution < -0.4 is 5.73 Å². The first-order chi connectivity index (χ1) is 4.33. The maximum atomic E-state index is 5.37. The van der Waals surface area contributed by atoms with Gasteiger partial charge in [-0.3, -0.25) is 0 Å². The molecule has 1 aromatic carbocycles. The van der Waals surface area contributed by atoms with Gasteiger partial charge in [0, 0.05) is 6.54 Å². The molecule has 0 aromatic heterocycles. The molecule has 1 nitrogen and oxygen atoms in total. The lowest BCUT2D eigenvalue weighted by atomic mass is 10.2. The van der Waals surface area contributed by atoms with E-state index in [1.807, 2.05) is 25.1 Å². The highest BCUT2D eigenvalue weighted by Crippen LogP contribution is 1.99. The molecular formula is C8H10N. The summed E-state index contributed by atoms with van der Waals surface area (Å²) < 4.78 is 0. The van der Waals surface area contributed by atoms with Crippen molar-refractivity contribution in [3.8, 4) is 0 Å². The molecule has 0 heterocycles. The highest BCUT2D eigenvalue weighted by atomic mass is 14.5. The topological polar surface area (TPSA) is 26.0 Å². The van der Waals surface area contributed by atoms with Gasteiger partial charge in [0.25, 0.3) is 0 Å². The van der Waals surface area contributed by atoms with Gasteiger partial charge >= 0.3 is 0 Å².